The van der Waals surface area contributed by atoms with Gasteiger partial charge in [0.15, 0.2) is 0 Å². The highest BCUT2D eigenvalue weighted by molar-refractivity contribution is 7.21. The Morgan fingerprint density at radius 2 is 1.50 bits per heavy atom. The molecule has 0 aliphatic rings. The van der Waals surface area contributed by atoms with E-state index in [9.17, 15) is 5.11 Å². The summed E-state index contributed by atoms with van der Waals surface area (Å²) in [5, 5.41) is 14.0. The number of thiazole rings is 1. The second-order valence-corrected chi connectivity index (χ2v) is 14.9. The number of para-hydroxylation sites is 3. The number of phenolic OH excluding ortho intramolecular Hbond substituents is 1. The second kappa shape index (κ2) is 10.9. The van der Waals surface area contributed by atoms with E-state index in [0.717, 1.165) is 48.3 Å². The Kier molecular flexibility index (Phi) is 7.09. The van der Waals surface area contributed by atoms with Crippen molar-refractivity contribution in [3.05, 3.63) is 114 Å². The fraction of sp³-hybridized carbons (Fsp3) is 0.200. The number of aliphatic imine (C=N–C) groups is 1. The van der Waals surface area contributed by atoms with Gasteiger partial charge >= 0.3 is 0 Å². The maximum absolute atomic E-state index is 15.2. The number of hydrogen-bond donors (Lipinski definition) is 1. The SMILES string of the molecule is CC(C)(C)c1cc(C=Nc2ccccc2-c2nc3c(-c4cccc5c4oc4ccccc45)cc(F)cc3s2)c(O)c(C(C)(C)C)c1. The Balaban J connectivity index is 1.35. The summed E-state index contributed by atoms with van der Waals surface area (Å²) in [6.07, 6.45) is 1.74. The van der Waals surface area contributed by atoms with Gasteiger partial charge in [0, 0.05) is 44.8 Å². The first-order chi connectivity index (χ1) is 21.9. The molecule has 2 aromatic heterocycles. The molecule has 7 rings (SSSR count). The minimum absolute atomic E-state index is 0.102. The number of aromatic nitrogens is 1. The first-order valence-corrected chi connectivity index (χ1v) is 16.2. The lowest BCUT2D eigenvalue weighted by atomic mass is 9.79. The summed E-state index contributed by atoms with van der Waals surface area (Å²) >= 11 is 1.43. The van der Waals surface area contributed by atoms with Gasteiger partial charge in [0.25, 0.3) is 0 Å². The first kappa shape index (κ1) is 29.9. The predicted octanol–water partition coefficient (Wildman–Crippen LogP) is 11.7. The van der Waals surface area contributed by atoms with Crippen LogP contribution in [0.25, 0.3) is 53.9 Å². The molecular weight excluding hydrogens is 592 g/mol. The Hall–Kier alpha value is -4.81. The molecule has 7 aromatic rings. The van der Waals surface area contributed by atoms with E-state index in [4.69, 9.17) is 14.4 Å². The summed E-state index contributed by atoms with van der Waals surface area (Å²) in [5.41, 5.74) is 7.56. The molecule has 0 aliphatic carbocycles. The number of phenols is 1. The number of halogens is 1. The molecular formula is C40H35FN2O2S. The van der Waals surface area contributed by atoms with Gasteiger partial charge in [-0.1, -0.05) is 96.1 Å². The van der Waals surface area contributed by atoms with Crippen LogP contribution in [0.15, 0.2) is 100 Å². The van der Waals surface area contributed by atoms with Gasteiger partial charge in [0.2, 0.25) is 0 Å². The molecule has 4 nitrogen and oxygen atoms in total. The number of fused-ring (bicyclic) bond motifs is 4. The Morgan fingerprint density at radius 1 is 0.783 bits per heavy atom. The van der Waals surface area contributed by atoms with Crippen molar-refractivity contribution in [2.24, 2.45) is 4.99 Å². The lowest BCUT2D eigenvalue weighted by Crippen LogP contribution is -2.17. The average molecular weight is 627 g/mol. The molecule has 0 radical (unpaired) electrons. The molecule has 0 atom stereocenters. The molecule has 0 bridgehead atoms. The normalized spacial score (nSPS) is 12.7. The highest BCUT2D eigenvalue weighted by atomic mass is 32.1. The number of furan rings is 1. The van der Waals surface area contributed by atoms with E-state index in [1.165, 1.54) is 23.5 Å². The third kappa shape index (κ3) is 5.27. The number of benzene rings is 5. The van der Waals surface area contributed by atoms with Crippen molar-refractivity contribution >= 4 is 55.4 Å². The molecule has 0 aliphatic heterocycles. The van der Waals surface area contributed by atoms with E-state index in [0.29, 0.717) is 27.9 Å². The minimum Gasteiger partial charge on any atom is -0.507 e. The van der Waals surface area contributed by atoms with E-state index >= 15 is 4.39 Å². The molecule has 6 heteroatoms. The zero-order valence-electron chi connectivity index (χ0n) is 26.8. The van der Waals surface area contributed by atoms with Gasteiger partial charge in [0.1, 0.15) is 27.7 Å². The quantitative estimate of drug-likeness (QED) is 0.198. The van der Waals surface area contributed by atoms with Gasteiger partial charge < -0.3 is 9.52 Å². The maximum Gasteiger partial charge on any atom is 0.143 e. The molecule has 0 fully saturated rings. The van der Waals surface area contributed by atoms with Gasteiger partial charge in [-0.05, 0) is 52.8 Å². The standard InChI is InChI=1S/C40H35FN2O2S/c1-39(2,3)24-18-23(36(44)31(19-24)40(4,5)6)22-42-32-16-9-7-13-29(32)38-43-35-30(20-25(41)21-34(35)46-38)28-15-11-14-27-26-12-8-10-17-33(26)45-37(27)28/h7-22,44H,1-6H3. The Bertz CT molecular complexity index is 2320. The van der Waals surface area contributed by atoms with Crippen molar-refractivity contribution in [1.82, 2.24) is 4.98 Å². The van der Waals surface area contributed by atoms with Crippen LogP contribution < -0.4 is 0 Å². The highest BCUT2D eigenvalue weighted by Gasteiger charge is 2.25. The summed E-state index contributed by atoms with van der Waals surface area (Å²) in [6.45, 7) is 12.8. The highest BCUT2D eigenvalue weighted by Crippen LogP contribution is 2.43. The lowest BCUT2D eigenvalue weighted by molar-refractivity contribution is 0.444. The molecule has 0 spiro atoms. The summed E-state index contributed by atoms with van der Waals surface area (Å²) < 4.78 is 22.2. The van der Waals surface area contributed by atoms with Crippen LogP contribution in [0.5, 0.6) is 5.75 Å². The third-order valence-electron chi connectivity index (χ3n) is 8.44. The van der Waals surface area contributed by atoms with Crippen LogP contribution >= 0.6 is 11.3 Å². The summed E-state index contributed by atoms with van der Waals surface area (Å²) in [5.74, 6) is -0.0948. The van der Waals surface area contributed by atoms with Crippen molar-refractivity contribution < 1.29 is 13.9 Å². The van der Waals surface area contributed by atoms with Crippen LogP contribution in [0, 0.1) is 5.82 Å². The van der Waals surface area contributed by atoms with Gasteiger partial charge in [-0.25, -0.2) is 9.37 Å². The number of aromatic hydroxyl groups is 1. The van der Waals surface area contributed by atoms with Gasteiger partial charge in [-0.15, -0.1) is 11.3 Å². The van der Waals surface area contributed by atoms with Crippen LogP contribution in [0.4, 0.5) is 10.1 Å². The Labute approximate surface area is 271 Å². The summed E-state index contributed by atoms with van der Waals surface area (Å²) in [6, 6.07) is 28.9. The van der Waals surface area contributed by atoms with Crippen molar-refractivity contribution in [3.63, 3.8) is 0 Å². The van der Waals surface area contributed by atoms with E-state index in [-0.39, 0.29) is 22.4 Å². The molecule has 2 heterocycles. The molecule has 1 N–H and O–H groups in total. The fourth-order valence-electron chi connectivity index (χ4n) is 5.94. The monoisotopic (exact) mass is 626 g/mol. The largest absolute Gasteiger partial charge is 0.507 e. The number of nitrogens with zero attached hydrogens (tertiary/aromatic N) is 2. The first-order valence-electron chi connectivity index (χ1n) is 15.4. The van der Waals surface area contributed by atoms with E-state index in [2.05, 4.69) is 47.6 Å². The van der Waals surface area contributed by atoms with Gasteiger partial charge in [-0.2, -0.15) is 0 Å². The smallest absolute Gasteiger partial charge is 0.143 e. The molecule has 230 valence electrons. The number of rotatable bonds is 4. The molecule has 0 unspecified atom stereocenters. The van der Waals surface area contributed by atoms with Crippen molar-refractivity contribution in [2.75, 3.05) is 0 Å². The lowest BCUT2D eigenvalue weighted by Gasteiger charge is -2.27. The van der Waals surface area contributed by atoms with Crippen molar-refractivity contribution in [2.45, 2.75) is 52.4 Å². The molecule has 0 saturated heterocycles. The predicted molar refractivity (Wildman–Crippen MR) is 190 cm³/mol. The van der Waals surface area contributed by atoms with E-state index < -0.39 is 0 Å². The molecule has 0 saturated carbocycles. The van der Waals surface area contributed by atoms with E-state index in [1.807, 2.05) is 72.8 Å². The average Bonchev–Trinajstić information content (AvgIpc) is 3.61. The van der Waals surface area contributed by atoms with Crippen LogP contribution in [-0.2, 0) is 10.8 Å². The van der Waals surface area contributed by atoms with Crippen LogP contribution in [-0.4, -0.2) is 16.3 Å². The zero-order chi connectivity index (χ0) is 32.4. The second-order valence-electron chi connectivity index (χ2n) is 13.8. The van der Waals surface area contributed by atoms with Crippen molar-refractivity contribution in [1.29, 1.82) is 0 Å². The molecule has 46 heavy (non-hydrogen) atoms. The van der Waals surface area contributed by atoms with E-state index in [1.54, 1.807) is 6.21 Å². The Morgan fingerprint density at radius 3 is 2.28 bits per heavy atom. The van der Waals surface area contributed by atoms with Crippen LogP contribution in [0.3, 0.4) is 0 Å². The van der Waals surface area contributed by atoms with Crippen LogP contribution in [0.2, 0.25) is 0 Å². The molecule has 0 amide bonds. The van der Waals surface area contributed by atoms with Crippen LogP contribution in [0.1, 0.15) is 58.2 Å². The number of hydrogen-bond acceptors (Lipinski definition) is 5. The summed E-state index contributed by atoms with van der Waals surface area (Å²) in [4.78, 5) is 9.96. The van der Waals surface area contributed by atoms with Crippen molar-refractivity contribution in [3.8, 4) is 27.4 Å². The third-order valence-corrected chi connectivity index (χ3v) is 9.48. The topological polar surface area (TPSA) is 58.6 Å². The van der Waals surface area contributed by atoms with Gasteiger partial charge in [-0.3, -0.25) is 4.99 Å². The summed E-state index contributed by atoms with van der Waals surface area (Å²) in [7, 11) is 0. The zero-order valence-corrected chi connectivity index (χ0v) is 27.6. The maximum atomic E-state index is 15.2. The fourth-order valence-corrected chi connectivity index (χ4v) is 6.99. The molecule has 5 aromatic carbocycles. The van der Waals surface area contributed by atoms with Gasteiger partial charge in [0.05, 0.1) is 15.9 Å². The minimum atomic E-state index is -0.332.